The predicted molar refractivity (Wildman–Crippen MR) is 89.8 cm³/mol. The number of rotatable bonds is 5. The van der Waals surface area contributed by atoms with Gasteiger partial charge >= 0.3 is 0 Å². The van der Waals surface area contributed by atoms with Gasteiger partial charge in [-0.15, -0.1) is 11.3 Å². The molecule has 1 aromatic heterocycles. The normalized spacial score (nSPS) is 10.5. The molecule has 0 atom stereocenters. The number of nitrogens with two attached hydrogens (primary N) is 1. The highest BCUT2D eigenvalue weighted by Gasteiger charge is 2.06. The molecule has 0 aliphatic rings. The van der Waals surface area contributed by atoms with Crippen LogP contribution >= 0.6 is 11.3 Å². The minimum absolute atomic E-state index is 0.267. The molecule has 0 saturated carbocycles. The third-order valence-electron chi connectivity index (χ3n) is 3.30. The molecule has 0 saturated heterocycles. The van der Waals surface area contributed by atoms with E-state index in [0.717, 1.165) is 22.0 Å². The Morgan fingerprint density at radius 2 is 2.00 bits per heavy atom. The highest BCUT2D eigenvalue weighted by Crippen LogP contribution is 2.25. The van der Waals surface area contributed by atoms with E-state index in [-0.39, 0.29) is 5.82 Å². The summed E-state index contributed by atoms with van der Waals surface area (Å²) in [5.74, 6) is -0.712. The van der Waals surface area contributed by atoms with Crippen molar-refractivity contribution < 1.29 is 9.18 Å². The van der Waals surface area contributed by atoms with E-state index in [1.165, 1.54) is 23.5 Å². The number of hydrogen-bond donors (Lipinski definition) is 2. The molecule has 0 fully saturated rings. The van der Waals surface area contributed by atoms with Crippen molar-refractivity contribution >= 4 is 22.4 Å². The Hall–Kier alpha value is -2.73. The van der Waals surface area contributed by atoms with Gasteiger partial charge in [0, 0.05) is 23.1 Å². The fraction of sp³-hybridized carbons (Fsp3) is 0.0588. The first-order valence-corrected chi connectivity index (χ1v) is 7.84. The molecule has 2 aromatic carbocycles. The van der Waals surface area contributed by atoms with Crippen molar-refractivity contribution in [2.75, 3.05) is 5.32 Å². The highest BCUT2D eigenvalue weighted by molar-refractivity contribution is 7.14. The number of nitrogens with one attached hydrogen (secondary N) is 1. The monoisotopic (exact) mass is 327 g/mol. The van der Waals surface area contributed by atoms with Crippen molar-refractivity contribution in [1.29, 1.82) is 0 Å². The number of halogens is 1. The fourth-order valence-corrected chi connectivity index (χ4v) is 2.84. The first-order chi connectivity index (χ1) is 11.1. The van der Waals surface area contributed by atoms with Gasteiger partial charge in [-0.3, -0.25) is 4.79 Å². The zero-order chi connectivity index (χ0) is 16.2. The predicted octanol–water partition coefficient (Wildman–Crippen LogP) is 3.66. The molecular weight excluding hydrogens is 313 g/mol. The molecule has 23 heavy (non-hydrogen) atoms. The van der Waals surface area contributed by atoms with Crippen molar-refractivity contribution in [3.05, 3.63) is 70.9 Å². The number of benzene rings is 2. The minimum atomic E-state index is -0.445. The molecule has 0 radical (unpaired) electrons. The maximum atomic E-state index is 12.9. The van der Waals surface area contributed by atoms with Crippen molar-refractivity contribution in [3.8, 4) is 11.3 Å². The van der Waals surface area contributed by atoms with Crippen molar-refractivity contribution in [2.24, 2.45) is 5.73 Å². The standard InChI is InChI=1S/C17H14FN3OS/c18-14-6-4-12(5-7-14)15-10-23-17(21-15)20-9-11-2-1-3-13(8-11)16(19)22/h1-8,10H,9H2,(H2,19,22)(H,20,21). The third kappa shape index (κ3) is 3.73. The fourth-order valence-electron chi connectivity index (χ4n) is 2.12. The number of aromatic nitrogens is 1. The summed E-state index contributed by atoms with van der Waals surface area (Å²) in [5, 5.41) is 5.88. The first kappa shape index (κ1) is 15.2. The van der Waals surface area contributed by atoms with Crippen LogP contribution in [0.15, 0.2) is 53.9 Å². The van der Waals surface area contributed by atoms with Crippen LogP contribution in [0.1, 0.15) is 15.9 Å². The summed E-state index contributed by atoms with van der Waals surface area (Å²) in [6.07, 6.45) is 0. The van der Waals surface area contributed by atoms with Crippen LogP contribution in [0.4, 0.5) is 9.52 Å². The van der Waals surface area contributed by atoms with Crippen LogP contribution in [0, 0.1) is 5.82 Å². The summed E-state index contributed by atoms with van der Waals surface area (Å²) in [5.41, 5.74) is 8.36. The number of anilines is 1. The Morgan fingerprint density at radius 3 is 2.74 bits per heavy atom. The SMILES string of the molecule is NC(=O)c1cccc(CNc2nc(-c3ccc(F)cc3)cs2)c1. The summed E-state index contributed by atoms with van der Waals surface area (Å²) < 4.78 is 12.9. The van der Waals surface area contributed by atoms with Crippen LogP contribution in [0.3, 0.4) is 0 Å². The van der Waals surface area contributed by atoms with Crippen molar-refractivity contribution in [2.45, 2.75) is 6.54 Å². The topological polar surface area (TPSA) is 68.0 Å². The average molecular weight is 327 g/mol. The largest absolute Gasteiger partial charge is 0.366 e. The molecule has 3 rings (SSSR count). The van der Waals surface area contributed by atoms with Gasteiger partial charge in [-0.1, -0.05) is 12.1 Å². The quantitative estimate of drug-likeness (QED) is 0.751. The Kier molecular flexibility index (Phi) is 4.34. The number of nitrogens with zero attached hydrogens (tertiary/aromatic N) is 1. The van der Waals surface area contributed by atoms with E-state index in [0.29, 0.717) is 12.1 Å². The lowest BCUT2D eigenvalue weighted by Gasteiger charge is -2.04. The number of primary amides is 1. The maximum Gasteiger partial charge on any atom is 0.248 e. The smallest absolute Gasteiger partial charge is 0.248 e. The lowest BCUT2D eigenvalue weighted by Crippen LogP contribution is -2.11. The first-order valence-electron chi connectivity index (χ1n) is 6.96. The molecule has 1 amide bonds. The Bertz CT molecular complexity index is 830. The van der Waals surface area contributed by atoms with Gasteiger partial charge in [0.25, 0.3) is 0 Å². The number of hydrogen-bond acceptors (Lipinski definition) is 4. The average Bonchev–Trinajstić information content (AvgIpc) is 3.03. The van der Waals surface area contributed by atoms with E-state index in [9.17, 15) is 9.18 Å². The van der Waals surface area contributed by atoms with E-state index < -0.39 is 5.91 Å². The lowest BCUT2D eigenvalue weighted by atomic mass is 10.1. The molecule has 3 aromatic rings. The molecule has 4 nitrogen and oxygen atoms in total. The van der Waals surface area contributed by atoms with Gasteiger partial charge in [0.05, 0.1) is 5.69 Å². The van der Waals surface area contributed by atoms with E-state index in [1.807, 2.05) is 11.4 Å². The molecule has 0 unspecified atom stereocenters. The van der Waals surface area contributed by atoms with Gasteiger partial charge in [-0.05, 0) is 42.0 Å². The van der Waals surface area contributed by atoms with E-state index in [4.69, 9.17) is 5.73 Å². The summed E-state index contributed by atoms with van der Waals surface area (Å²) >= 11 is 1.47. The van der Waals surface area contributed by atoms with E-state index in [2.05, 4.69) is 10.3 Å². The zero-order valence-electron chi connectivity index (χ0n) is 12.1. The molecule has 0 bridgehead atoms. The highest BCUT2D eigenvalue weighted by atomic mass is 32.1. The second-order valence-electron chi connectivity index (χ2n) is 4.96. The number of amides is 1. The molecule has 3 N–H and O–H groups in total. The molecule has 0 spiro atoms. The van der Waals surface area contributed by atoms with Crippen molar-refractivity contribution in [1.82, 2.24) is 4.98 Å². The van der Waals surface area contributed by atoms with Gasteiger partial charge in [0.2, 0.25) is 5.91 Å². The number of carbonyl (C=O) groups is 1. The maximum absolute atomic E-state index is 12.9. The van der Waals surface area contributed by atoms with Gasteiger partial charge < -0.3 is 11.1 Å². The van der Waals surface area contributed by atoms with E-state index >= 15 is 0 Å². The summed E-state index contributed by atoms with van der Waals surface area (Å²) in [4.78, 5) is 15.7. The minimum Gasteiger partial charge on any atom is -0.366 e. The number of carbonyl (C=O) groups excluding carboxylic acids is 1. The van der Waals surface area contributed by atoms with Crippen LogP contribution in [0.5, 0.6) is 0 Å². The Labute approximate surface area is 136 Å². The van der Waals surface area contributed by atoms with Gasteiger partial charge in [0.1, 0.15) is 5.82 Å². The van der Waals surface area contributed by atoms with Gasteiger partial charge in [-0.2, -0.15) is 0 Å². The zero-order valence-corrected chi connectivity index (χ0v) is 12.9. The number of thiazole rings is 1. The van der Waals surface area contributed by atoms with Gasteiger partial charge in [-0.25, -0.2) is 9.37 Å². The van der Waals surface area contributed by atoms with E-state index in [1.54, 1.807) is 30.3 Å². The van der Waals surface area contributed by atoms with Crippen LogP contribution < -0.4 is 11.1 Å². The second kappa shape index (κ2) is 6.58. The van der Waals surface area contributed by atoms with Crippen molar-refractivity contribution in [3.63, 3.8) is 0 Å². The summed E-state index contributed by atoms with van der Waals surface area (Å²) in [6.45, 7) is 0.539. The lowest BCUT2D eigenvalue weighted by molar-refractivity contribution is 0.1000. The Balaban J connectivity index is 1.69. The molecule has 0 aliphatic heterocycles. The van der Waals surface area contributed by atoms with Crippen LogP contribution in [0.25, 0.3) is 11.3 Å². The van der Waals surface area contributed by atoms with Crippen LogP contribution in [-0.4, -0.2) is 10.9 Å². The van der Waals surface area contributed by atoms with Gasteiger partial charge in [0.15, 0.2) is 5.13 Å². The van der Waals surface area contributed by atoms with Crippen LogP contribution in [0.2, 0.25) is 0 Å². The molecule has 1 heterocycles. The Morgan fingerprint density at radius 1 is 1.22 bits per heavy atom. The third-order valence-corrected chi connectivity index (χ3v) is 4.10. The summed E-state index contributed by atoms with van der Waals surface area (Å²) in [6, 6.07) is 13.4. The van der Waals surface area contributed by atoms with Crippen LogP contribution in [-0.2, 0) is 6.54 Å². The molecule has 6 heteroatoms. The second-order valence-corrected chi connectivity index (χ2v) is 5.82. The molecular formula is C17H14FN3OS. The molecule has 116 valence electrons. The molecule has 0 aliphatic carbocycles. The summed E-state index contributed by atoms with van der Waals surface area (Å²) in [7, 11) is 0.